The van der Waals surface area contributed by atoms with E-state index in [-0.39, 0.29) is 10.1 Å². The molecule has 0 bridgehead atoms. The van der Waals surface area contributed by atoms with Crippen LogP contribution in [0.4, 0.5) is 0 Å². The monoisotopic (exact) mass is 427 g/mol. The molecule has 0 fully saturated rings. The molecular weight excluding hydrogens is 406 g/mol. The Hall–Kier alpha value is -2.71. The first kappa shape index (κ1) is 19.6. The van der Waals surface area contributed by atoms with Crippen LogP contribution in [0.2, 0.25) is 0 Å². The van der Waals surface area contributed by atoms with E-state index in [4.69, 9.17) is 22.1 Å². The maximum absolute atomic E-state index is 12.5. The fraction of sp³-hybridized carbons (Fsp3) is 0.238. The number of benzene rings is 2. The van der Waals surface area contributed by atoms with Crippen LogP contribution in [0.15, 0.2) is 53.4 Å². The predicted octanol–water partition coefficient (Wildman–Crippen LogP) is 3.55. The fourth-order valence-electron chi connectivity index (χ4n) is 3.65. The SMILES string of the molecule is CCOC(=S)NS(=O)(=O)c1ccc(-n2nc(C)c3c2-c2ccccc2CC3)cc1. The van der Waals surface area contributed by atoms with E-state index in [0.717, 1.165) is 29.9 Å². The summed E-state index contributed by atoms with van der Waals surface area (Å²) in [6.45, 7) is 4.05. The number of hydrogen-bond donors (Lipinski definition) is 1. The smallest absolute Gasteiger partial charge is 0.270 e. The Morgan fingerprint density at radius 3 is 2.62 bits per heavy atom. The molecule has 1 aliphatic rings. The highest BCUT2D eigenvalue weighted by molar-refractivity contribution is 7.91. The molecule has 1 heterocycles. The number of aryl methyl sites for hydroxylation is 2. The molecule has 0 saturated carbocycles. The van der Waals surface area contributed by atoms with E-state index < -0.39 is 10.0 Å². The zero-order valence-electron chi connectivity index (χ0n) is 16.2. The van der Waals surface area contributed by atoms with Gasteiger partial charge in [-0.25, -0.2) is 17.8 Å². The van der Waals surface area contributed by atoms with Crippen molar-refractivity contribution in [2.45, 2.75) is 31.6 Å². The van der Waals surface area contributed by atoms with Crippen LogP contribution in [0, 0.1) is 6.92 Å². The van der Waals surface area contributed by atoms with E-state index in [1.165, 1.54) is 16.7 Å². The zero-order chi connectivity index (χ0) is 20.6. The molecule has 4 rings (SSSR count). The van der Waals surface area contributed by atoms with Crippen LogP contribution >= 0.6 is 12.2 Å². The molecule has 0 amide bonds. The van der Waals surface area contributed by atoms with Crippen molar-refractivity contribution in [3.63, 3.8) is 0 Å². The molecule has 0 aliphatic heterocycles. The maximum atomic E-state index is 12.5. The van der Waals surface area contributed by atoms with Gasteiger partial charge in [0, 0.05) is 11.1 Å². The zero-order valence-corrected chi connectivity index (χ0v) is 17.8. The van der Waals surface area contributed by atoms with Crippen molar-refractivity contribution in [1.29, 1.82) is 0 Å². The summed E-state index contributed by atoms with van der Waals surface area (Å²) in [6.07, 6.45) is 1.95. The largest absolute Gasteiger partial charge is 0.471 e. The van der Waals surface area contributed by atoms with E-state index in [2.05, 4.69) is 22.9 Å². The van der Waals surface area contributed by atoms with Gasteiger partial charge in [0.15, 0.2) is 0 Å². The quantitative estimate of drug-likeness (QED) is 0.645. The number of nitrogens with zero attached hydrogens (tertiary/aromatic N) is 2. The Bertz CT molecular complexity index is 1180. The Morgan fingerprint density at radius 2 is 1.90 bits per heavy atom. The van der Waals surface area contributed by atoms with Gasteiger partial charge in [-0.1, -0.05) is 24.3 Å². The van der Waals surface area contributed by atoms with Gasteiger partial charge in [0.05, 0.1) is 28.6 Å². The summed E-state index contributed by atoms with van der Waals surface area (Å²) in [5.41, 5.74) is 6.59. The van der Waals surface area contributed by atoms with Gasteiger partial charge in [-0.3, -0.25) is 0 Å². The van der Waals surface area contributed by atoms with Crippen LogP contribution in [0.3, 0.4) is 0 Å². The molecule has 0 saturated heterocycles. The van der Waals surface area contributed by atoms with Crippen LogP contribution < -0.4 is 4.72 Å². The van der Waals surface area contributed by atoms with Crippen molar-refractivity contribution < 1.29 is 13.2 Å². The number of fused-ring (bicyclic) bond motifs is 3. The second kappa shape index (κ2) is 7.61. The van der Waals surface area contributed by atoms with Gasteiger partial charge in [-0.15, -0.1) is 0 Å². The highest BCUT2D eigenvalue weighted by atomic mass is 32.2. The third kappa shape index (κ3) is 3.65. The summed E-state index contributed by atoms with van der Waals surface area (Å²) in [5, 5.41) is 4.57. The van der Waals surface area contributed by atoms with Gasteiger partial charge < -0.3 is 4.74 Å². The average Bonchev–Trinajstić information content (AvgIpc) is 3.05. The van der Waals surface area contributed by atoms with Crippen molar-refractivity contribution in [3.05, 3.63) is 65.4 Å². The van der Waals surface area contributed by atoms with Gasteiger partial charge in [-0.05, 0) is 68.7 Å². The van der Waals surface area contributed by atoms with Crippen molar-refractivity contribution in [2.24, 2.45) is 0 Å². The molecular formula is C21H21N3O3S2. The minimum absolute atomic E-state index is 0.112. The number of nitrogens with one attached hydrogen (secondary N) is 1. The third-order valence-corrected chi connectivity index (χ3v) is 6.68. The molecule has 6 nitrogen and oxygen atoms in total. The number of ether oxygens (including phenoxy) is 1. The highest BCUT2D eigenvalue weighted by Gasteiger charge is 2.24. The van der Waals surface area contributed by atoms with Gasteiger partial charge >= 0.3 is 0 Å². The normalized spacial score (nSPS) is 12.8. The molecule has 150 valence electrons. The fourth-order valence-corrected chi connectivity index (χ4v) is 4.98. The highest BCUT2D eigenvalue weighted by Crippen LogP contribution is 2.36. The molecule has 1 aliphatic carbocycles. The molecule has 2 aromatic carbocycles. The first-order valence-electron chi connectivity index (χ1n) is 9.37. The summed E-state index contributed by atoms with van der Waals surface area (Å²) in [6, 6.07) is 14.9. The Balaban J connectivity index is 1.71. The first-order valence-corrected chi connectivity index (χ1v) is 11.3. The summed E-state index contributed by atoms with van der Waals surface area (Å²) in [7, 11) is -3.79. The molecule has 29 heavy (non-hydrogen) atoms. The van der Waals surface area contributed by atoms with Crippen molar-refractivity contribution >= 4 is 27.4 Å². The number of aromatic nitrogens is 2. The molecule has 3 aromatic rings. The molecule has 0 spiro atoms. The molecule has 8 heteroatoms. The average molecular weight is 428 g/mol. The lowest BCUT2D eigenvalue weighted by Gasteiger charge is -2.18. The van der Waals surface area contributed by atoms with Gasteiger partial charge in [0.1, 0.15) is 0 Å². The van der Waals surface area contributed by atoms with E-state index in [9.17, 15) is 8.42 Å². The summed E-state index contributed by atoms with van der Waals surface area (Å²) < 4.78 is 34.1. The van der Waals surface area contributed by atoms with E-state index in [1.54, 1.807) is 31.2 Å². The van der Waals surface area contributed by atoms with Gasteiger partial charge in [0.25, 0.3) is 15.2 Å². The minimum atomic E-state index is -3.79. The second-order valence-corrected chi connectivity index (χ2v) is 8.85. The lowest BCUT2D eigenvalue weighted by Crippen LogP contribution is -2.30. The molecule has 1 aromatic heterocycles. The predicted molar refractivity (Wildman–Crippen MR) is 116 cm³/mol. The van der Waals surface area contributed by atoms with Crippen molar-refractivity contribution in [1.82, 2.24) is 14.5 Å². The summed E-state index contributed by atoms with van der Waals surface area (Å²) in [4.78, 5) is 0.112. The topological polar surface area (TPSA) is 73.2 Å². The van der Waals surface area contributed by atoms with Crippen molar-refractivity contribution in [3.8, 4) is 16.9 Å². The van der Waals surface area contributed by atoms with E-state index in [1.807, 2.05) is 17.7 Å². The number of thiocarbonyl (C=S) groups is 1. The number of rotatable bonds is 4. The minimum Gasteiger partial charge on any atom is -0.471 e. The number of sulfonamides is 1. The summed E-state index contributed by atoms with van der Waals surface area (Å²) in [5.74, 6) is 0. The molecule has 0 atom stereocenters. The molecule has 0 unspecified atom stereocenters. The van der Waals surface area contributed by atoms with Crippen LogP contribution in [0.25, 0.3) is 16.9 Å². The van der Waals surface area contributed by atoms with Crippen LogP contribution in [0.5, 0.6) is 0 Å². The summed E-state index contributed by atoms with van der Waals surface area (Å²) >= 11 is 4.88. The van der Waals surface area contributed by atoms with E-state index in [0.29, 0.717) is 6.61 Å². The molecule has 0 radical (unpaired) electrons. The van der Waals surface area contributed by atoms with E-state index >= 15 is 0 Å². The van der Waals surface area contributed by atoms with Crippen LogP contribution in [-0.2, 0) is 27.6 Å². The van der Waals surface area contributed by atoms with Crippen LogP contribution in [-0.4, -0.2) is 30.0 Å². The lowest BCUT2D eigenvalue weighted by atomic mass is 9.89. The van der Waals surface area contributed by atoms with Crippen LogP contribution in [0.1, 0.15) is 23.7 Å². The Labute approximate surface area is 175 Å². The maximum Gasteiger partial charge on any atom is 0.270 e. The first-order chi connectivity index (χ1) is 13.9. The third-order valence-electron chi connectivity index (χ3n) is 4.99. The Kier molecular flexibility index (Phi) is 5.14. The second-order valence-electron chi connectivity index (χ2n) is 6.80. The Morgan fingerprint density at radius 1 is 1.17 bits per heavy atom. The number of hydrogen-bond acceptors (Lipinski definition) is 5. The van der Waals surface area contributed by atoms with Gasteiger partial charge in [-0.2, -0.15) is 5.10 Å². The molecule has 1 N–H and O–H groups in total. The van der Waals surface area contributed by atoms with Gasteiger partial charge in [0.2, 0.25) is 0 Å². The lowest BCUT2D eigenvalue weighted by molar-refractivity contribution is 0.327. The van der Waals surface area contributed by atoms with Crippen molar-refractivity contribution in [2.75, 3.05) is 6.61 Å². The standard InChI is InChI=1S/C21H21N3O3S2/c1-3-27-21(28)23-29(25,26)17-11-9-16(10-12-17)24-20-18(14(2)22-24)13-8-15-6-4-5-7-19(15)20/h4-7,9-12H,3,8,13H2,1-2H3,(H,23,28).